The van der Waals surface area contributed by atoms with Gasteiger partial charge in [-0.25, -0.2) is 8.42 Å². The van der Waals surface area contributed by atoms with Crippen LogP contribution in [0.25, 0.3) is 0 Å². The fourth-order valence-electron chi connectivity index (χ4n) is 2.35. The van der Waals surface area contributed by atoms with E-state index in [1.54, 1.807) is 46.4 Å². The SMILES string of the molecule is O=S(=O)(c1ccccc1)N1CCS[C@@H]1c1cccc(Cl)c1. The second-order valence-corrected chi connectivity index (χ2v) is 8.22. The molecule has 1 aliphatic rings. The number of benzene rings is 2. The molecule has 0 N–H and O–H groups in total. The molecule has 0 unspecified atom stereocenters. The van der Waals surface area contributed by atoms with Gasteiger partial charge < -0.3 is 0 Å². The second-order valence-electron chi connectivity index (χ2n) is 4.71. The monoisotopic (exact) mass is 339 g/mol. The van der Waals surface area contributed by atoms with E-state index in [0.717, 1.165) is 11.3 Å². The topological polar surface area (TPSA) is 37.4 Å². The predicted molar refractivity (Wildman–Crippen MR) is 87.0 cm³/mol. The molecule has 1 aliphatic heterocycles. The summed E-state index contributed by atoms with van der Waals surface area (Å²) in [5.41, 5.74) is 0.921. The molecule has 0 aliphatic carbocycles. The first-order chi connectivity index (χ1) is 10.1. The molecule has 0 amide bonds. The minimum atomic E-state index is -3.48. The van der Waals surface area contributed by atoms with E-state index >= 15 is 0 Å². The molecule has 0 spiro atoms. The fourth-order valence-corrected chi connectivity index (χ4v) is 5.80. The first-order valence-electron chi connectivity index (χ1n) is 6.53. The Morgan fingerprint density at radius 3 is 2.57 bits per heavy atom. The number of sulfonamides is 1. The van der Waals surface area contributed by atoms with Crippen LogP contribution in [0.4, 0.5) is 0 Å². The molecule has 0 radical (unpaired) electrons. The predicted octanol–water partition coefficient (Wildman–Crippen LogP) is 3.78. The van der Waals surface area contributed by atoms with Gasteiger partial charge in [0.15, 0.2) is 0 Å². The largest absolute Gasteiger partial charge is 0.244 e. The zero-order valence-corrected chi connectivity index (χ0v) is 13.5. The minimum absolute atomic E-state index is 0.214. The van der Waals surface area contributed by atoms with Gasteiger partial charge in [-0.1, -0.05) is 41.9 Å². The molecule has 1 atom stereocenters. The summed E-state index contributed by atoms with van der Waals surface area (Å²) >= 11 is 7.65. The molecule has 1 heterocycles. The van der Waals surface area contributed by atoms with Gasteiger partial charge in [0.05, 0.1) is 10.3 Å². The third kappa shape index (κ3) is 2.97. The Morgan fingerprint density at radius 2 is 1.86 bits per heavy atom. The lowest BCUT2D eigenvalue weighted by molar-refractivity contribution is 0.434. The third-order valence-corrected chi connectivity index (χ3v) is 6.84. The van der Waals surface area contributed by atoms with Crippen molar-refractivity contribution >= 4 is 33.4 Å². The lowest BCUT2D eigenvalue weighted by Crippen LogP contribution is -2.30. The highest BCUT2D eigenvalue weighted by Gasteiger charge is 2.36. The van der Waals surface area contributed by atoms with Gasteiger partial charge in [-0.15, -0.1) is 11.8 Å². The summed E-state index contributed by atoms with van der Waals surface area (Å²) in [7, 11) is -3.48. The molecule has 1 fully saturated rings. The Bertz CT molecular complexity index is 734. The molecular formula is C15H14ClNO2S2. The van der Waals surface area contributed by atoms with Gasteiger partial charge in [0.25, 0.3) is 0 Å². The summed E-state index contributed by atoms with van der Waals surface area (Å²) in [4.78, 5) is 0.333. The number of thioether (sulfide) groups is 1. The molecule has 1 saturated heterocycles. The summed E-state index contributed by atoms with van der Waals surface area (Å²) in [5, 5.41) is 0.408. The molecule has 21 heavy (non-hydrogen) atoms. The van der Waals surface area contributed by atoms with Gasteiger partial charge in [0.2, 0.25) is 10.0 Å². The zero-order valence-electron chi connectivity index (χ0n) is 11.1. The maximum Gasteiger partial charge on any atom is 0.244 e. The molecule has 6 heteroatoms. The van der Waals surface area contributed by atoms with E-state index in [9.17, 15) is 8.42 Å². The van der Waals surface area contributed by atoms with Crippen LogP contribution in [0.1, 0.15) is 10.9 Å². The average Bonchev–Trinajstić information content (AvgIpc) is 2.98. The van der Waals surface area contributed by atoms with Crippen molar-refractivity contribution in [2.45, 2.75) is 10.3 Å². The Balaban J connectivity index is 1.98. The number of hydrogen-bond donors (Lipinski definition) is 0. The van der Waals surface area contributed by atoms with Crippen LogP contribution in [0, 0.1) is 0 Å². The van der Waals surface area contributed by atoms with Crippen molar-refractivity contribution in [1.29, 1.82) is 0 Å². The van der Waals surface area contributed by atoms with Crippen LogP contribution in [0.3, 0.4) is 0 Å². The highest BCUT2D eigenvalue weighted by atomic mass is 35.5. The molecule has 0 bridgehead atoms. The van der Waals surface area contributed by atoms with Crippen LogP contribution in [0.15, 0.2) is 59.5 Å². The standard InChI is InChI=1S/C15H14ClNO2S2/c16-13-6-4-5-12(11-13)15-17(9-10-20-15)21(18,19)14-7-2-1-3-8-14/h1-8,11,15H,9-10H2/t15-/m1/s1. The van der Waals surface area contributed by atoms with E-state index in [1.165, 1.54) is 0 Å². The first kappa shape index (κ1) is 14.9. The Labute approximate surface area is 134 Å². The van der Waals surface area contributed by atoms with Crippen molar-refractivity contribution in [3.8, 4) is 0 Å². The maximum atomic E-state index is 12.8. The number of rotatable bonds is 3. The van der Waals surface area contributed by atoms with Crippen molar-refractivity contribution in [3.05, 3.63) is 65.2 Å². The maximum absolute atomic E-state index is 12.8. The molecule has 0 aromatic heterocycles. The van der Waals surface area contributed by atoms with Gasteiger partial charge in [-0.05, 0) is 29.8 Å². The van der Waals surface area contributed by atoms with Crippen LogP contribution < -0.4 is 0 Å². The van der Waals surface area contributed by atoms with Gasteiger partial charge >= 0.3 is 0 Å². The van der Waals surface area contributed by atoms with Crippen LogP contribution >= 0.6 is 23.4 Å². The highest BCUT2D eigenvalue weighted by molar-refractivity contribution is 8.01. The number of hydrogen-bond acceptors (Lipinski definition) is 3. The molecular weight excluding hydrogens is 326 g/mol. The minimum Gasteiger partial charge on any atom is -0.207 e. The lowest BCUT2D eigenvalue weighted by Gasteiger charge is -2.23. The van der Waals surface area contributed by atoms with Gasteiger partial charge in [0.1, 0.15) is 0 Å². The van der Waals surface area contributed by atoms with Crippen LogP contribution in [-0.2, 0) is 10.0 Å². The smallest absolute Gasteiger partial charge is 0.207 e. The Morgan fingerprint density at radius 1 is 1.10 bits per heavy atom. The van der Waals surface area contributed by atoms with Crippen molar-refractivity contribution in [2.24, 2.45) is 0 Å². The van der Waals surface area contributed by atoms with E-state index in [0.29, 0.717) is 16.5 Å². The van der Waals surface area contributed by atoms with Crippen molar-refractivity contribution in [2.75, 3.05) is 12.3 Å². The third-order valence-electron chi connectivity index (χ3n) is 3.33. The quantitative estimate of drug-likeness (QED) is 0.854. The van der Waals surface area contributed by atoms with Gasteiger partial charge in [0, 0.05) is 17.3 Å². The molecule has 2 aromatic carbocycles. The molecule has 3 nitrogen and oxygen atoms in total. The van der Waals surface area contributed by atoms with E-state index in [2.05, 4.69) is 0 Å². The Kier molecular flexibility index (Phi) is 4.26. The van der Waals surface area contributed by atoms with Crippen molar-refractivity contribution < 1.29 is 8.42 Å². The highest BCUT2D eigenvalue weighted by Crippen LogP contribution is 2.41. The van der Waals surface area contributed by atoms with E-state index in [4.69, 9.17) is 11.6 Å². The summed E-state index contributed by atoms with van der Waals surface area (Å²) in [5.74, 6) is 0.781. The van der Waals surface area contributed by atoms with Crippen molar-refractivity contribution in [1.82, 2.24) is 4.31 Å². The van der Waals surface area contributed by atoms with Crippen molar-refractivity contribution in [3.63, 3.8) is 0 Å². The molecule has 2 aromatic rings. The number of halogens is 1. The lowest BCUT2D eigenvalue weighted by atomic mass is 10.2. The van der Waals surface area contributed by atoms with Crippen LogP contribution in [-0.4, -0.2) is 25.0 Å². The van der Waals surface area contributed by atoms with E-state index < -0.39 is 10.0 Å². The van der Waals surface area contributed by atoms with E-state index in [1.807, 2.05) is 24.3 Å². The second kappa shape index (κ2) is 6.01. The van der Waals surface area contributed by atoms with E-state index in [-0.39, 0.29) is 5.37 Å². The molecule has 110 valence electrons. The fraction of sp³-hybridized carbons (Fsp3) is 0.200. The van der Waals surface area contributed by atoms with Crippen LogP contribution in [0.5, 0.6) is 0 Å². The summed E-state index contributed by atoms with van der Waals surface area (Å²) in [6, 6.07) is 16.0. The number of nitrogens with zero attached hydrogens (tertiary/aromatic N) is 1. The Hall–Kier alpha value is -1.01. The average molecular weight is 340 g/mol. The molecule has 0 saturated carbocycles. The first-order valence-corrected chi connectivity index (χ1v) is 9.40. The summed E-state index contributed by atoms with van der Waals surface area (Å²) in [6.45, 7) is 0.513. The van der Waals surface area contributed by atoms with Gasteiger partial charge in [-0.2, -0.15) is 4.31 Å². The summed E-state index contributed by atoms with van der Waals surface area (Å²) < 4.78 is 27.1. The zero-order chi connectivity index (χ0) is 14.9. The molecule has 3 rings (SSSR count). The van der Waals surface area contributed by atoms with Crippen LogP contribution in [0.2, 0.25) is 5.02 Å². The normalized spacial score (nSPS) is 19.8. The van der Waals surface area contributed by atoms with Gasteiger partial charge in [-0.3, -0.25) is 0 Å². The summed E-state index contributed by atoms with van der Waals surface area (Å²) in [6.07, 6.45) is 0.